The van der Waals surface area contributed by atoms with E-state index in [1.165, 1.54) is 16.7 Å². The van der Waals surface area contributed by atoms with Gasteiger partial charge in [-0.15, -0.1) is 11.8 Å². The van der Waals surface area contributed by atoms with Gasteiger partial charge in [0.2, 0.25) is 5.91 Å². The Labute approximate surface area is 116 Å². The summed E-state index contributed by atoms with van der Waals surface area (Å²) in [6.45, 7) is 2.43. The number of rotatable bonds is 6. The number of thioether (sulfide) groups is 1. The predicted molar refractivity (Wildman–Crippen MR) is 71.5 cm³/mol. The first-order valence-corrected chi connectivity index (χ1v) is 7.37. The van der Waals surface area contributed by atoms with Gasteiger partial charge in [-0.05, 0) is 18.6 Å². The maximum Gasteiger partial charge on any atom is 0.325 e. The molecule has 1 unspecified atom stereocenters. The maximum atomic E-state index is 11.8. The summed E-state index contributed by atoms with van der Waals surface area (Å²) in [6.07, 6.45) is 3.38. The fraction of sp³-hybridized carbons (Fsp3) is 0.538. The summed E-state index contributed by atoms with van der Waals surface area (Å²) in [6, 6.07) is 3.59. The van der Waals surface area contributed by atoms with E-state index in [0.29, 0.717) is 18.1 Å². The molecule has 6 heteroatoms. The molecule has 0 spiro atoms. The topological polar surface area (TPSA) is 59.8 Å². The first-order chi connectivity index (χ1) is 9.22. The van der Waals surface area contributed by atoms with Crippen molar-refractivity contribution in [3.63, 3.8) is 0 Å². The molecule has 1 atom stereocenters. The molecule has 0 saturated carbocycles. The van der Waals surface area contributed by atoms with Gasteiger partial charge in [0.1, 0.15) is 17.7 Å². The SMILES string of the molecule is CCCCOC(=O)CN1C(=O)CSC1c1ccco1. The van der Waals surface area contributed by atoms with Crippen LogP contribution in [0.25, 0.3) is 0 Å². The van der Waals surface area contributed by atoms with Crippen LogP contribution in [0.15, 0.2) is 22.8 Å². The van der Waals surface area contributed by atoms with E-state index in [1.807, 2.05) is 13.0 Å². The minimum Gasteiger partial charge on any atom is -0.466 e. The number of hydrogen-bond donors (Lipinski definition) is 0. The van der Waals surface area contributed by atoms with Crippen molar-refractivity contribution < 1.29 is 18.7 Å². The van der Waals surface area contributed by atoms with Gasteiger partial charge >= 0.3 is 5.97 Å². The first-order valence-electron chi connectivity index (χ1n) is 6.32. The second kappa shape index (κ2) is 6.65. The summed E-state index contributed by atoms with van der Waals surface area (Å²) in [5.41, 5.74) is 0. The molecule has 104 valence electrons. The molecule has 1 fully saturated rings. The van der Waals surface area contributed by atoms with Gasteiger partial charge in [-0.2, -0.15) is 0 Å². The van der Waals surface area contributed by atoms with E-state index in [-0.39, 0.29) is 23.8 Å². The van der Waals surface area contributed by atoms with Crippen molar-refractivity contribution in [1.82, 2.24) is 4.90 Å². The Kier molecular flexibility index (Phi) is 4.90. The Morgan fingerprint density at radius 1 is 1.63 bits per heavy atom. The zero-order chi connectivity index (χ0) is 13.7. The molecule has 2 rings (SSSR count). The number of nitrogens with zero attached hydrogens (tertiary/aromatic N) is 1. The number of ether oxygens (including phenoxy) is 1. The van der Waals surface area contributed by atoms with E-state index in [4.69, 9.17) is 9.15 Å². The van der Waals surface area contributed by atoms with Crippen LogP contribution in [0, 0.1) is 0 Å². The number of hydrogen-bond acceptors (Lipinski definition) is 5. The fourth-order valence-corrected chi connectivity index (χ4v) is 2.94. The lowest BCUT2D eigenvalue weighted by Crippen LogP contribution is -2.34. The van der Waals surface area contributed by atoms with Gasteiger partial charge in [0, 0.05) is 0 Å². The highest BCUT2D eigenvalue weighted by atomic mass is 32.2. The summed E-state index contributed by atoms with van der Waals surface area (Å²) in [7, 11) is 0. The van der Waals surface area contributed by atoms with Crippen molar-refractivity contribution in [2.24, 2.45) is 0 Å². The van der Waals surface area contributed by atoms with E-state index < -0.39 is 0 Å². The van der Waals surface area contributed by atoms with Gasteiger partial charge in [-0.1, -0.05) is 13.3 Å². The molecular formula is C13H17NO4S. The molecule has 0 aromatic carbocycles. The quantitative estimate of drug-likeness (QED) is 0.591. The molecule has 5 nitrogen and oxygen atoms in total. The molecule has 1 aliphatic rings. The lowest BCUT2D eigenvalue weighted by molar-refractivity contribution is -0.148. The Hall–Kier alpha value is -1.43. The van der Waals surface area contributed by atoms with Gasteiger partial charge in [-0.25, -0.2) is 0 Å². The van der Waals surface area contributed by atoms with Crippen LogP contribution in [0.1, 0.15) is 30.9 Å². The lowest BCUT2D eigenvalue weighted by atomic mass is 10.3. The number of carbonyl (C=O) groups is 2. The molecule has 1 aromatic rings. The monoisotopic (exact) mass is 283 g/mol. The molecule has 0 aliphatic carbocycles. The van der Waals surface area contributed by atoms with E-state index in [9.17, 15) is 9.59 Å². The third-order valence-corrected chi connectivity index (χ3v) is 4.03. The molecule has 19 heavy (non-hydrogen) atoms. The highest BCUT2D eigenvalue weighted by Gasteiger charge is 2.36. The van der Waals surface area contributed by atoms with Gasteiger partial charge in [0.05, 0.1) is 18.6 Å². The molecule has 1 amide bonds. The third-order valence-electron chi connectivity index (χ3n) is 2.82. The van der Waals surface area contributed by atoms with Gasteiger partial charge < -0.3 is 14.1 Å². The first kappa shape index (κ1) is 14.0. The zero-order valence-electron chi connectivity index (χ0n) is 10.8. The second-order valence-electron chi connectivity index (χ2n) is 4.27. The largest absolute Gasteiger partial charge is 0.466 e. The number of amides is 1. The number of unbranched alkanes of at least 4 members (excludes halogenated alkanes) is 1. The molecule has 0 N–H and O–H groups in total. The normalized spacial score (nSPS) is 18.9. The molecular weight excluding hydrogens is 266 g/mol. The van der Waals surface area contributed by atoms with E-state index in [2.05, 4.69) is 0 Å². The van der Waals surface area contributed by atoms with Crippen molar-refractivity contribution in [2.45, 2.75) is 25.1 Å². The molecule has 1 aliphatic heterocycles. The summed E-state index contributed by atoms with van der Waals surface area (Å²) >= 11 is 1.46. The number of furan rings is 1. The van der Waals surface area contributed by atoms with Crippen LogP contribution in [-0.4, -0.2) is 35.7 Å². The van der Waals surface area contributed by atoms with Gasteiger partial charge in [0.25, 0.3) is 0 Å². The van der Waals surface area contributed by atoms with Crippen molar-refractivity contribution in [3.05, 3.63) is 24.2 Å². The van der Waals surface area contributed by atoms with Gasteiger partial charge in [0.15, 0.2) is 0 Å². The summed E-state index contributed by atoms with van der Waals surface area (Å²) in [4.78, 5) is 25.0. The van der Waals surface area contributed by atoms with Crippen LogP contribution in [-0.2, 0) is 14.3 Å². The highest BCUT2D eigenvalue weighted by molar-refractivity contribution is 8.00. The third kappa shape index (κ3) is 3.53. The Bertz CT molecular complexity index is 432. The smallest absolute Gasteiger partial charge is 0.325 e. The van der Waals surface area contributed by atoms with E-state index in [0.717, 1.165) is 12.8 Å². The number of carbonyl (C=O) groups excluding carboxylic acids is 2. The van der Waals surface area contributed by atoms with Crippen molar-refractivity contribution in [2.75, 3.05) is 18.9 Å². The minimum absolute atomic E-state index is 0.0130. The van der Waals surface area contributed by atoms with Crippen LogP contribution in [0.5, 0.6) is 0 Å². The number of esters is 1. The Morgan fingerprint density at radius 2 is 2.47 bits per heavy atom. The average molecular weight is 283 g/mol. The summed E-state index contributed by atoms with van der Waals surface area (Å²) < 4.78 is 10.4. The fourth-order valence-electron chi connectivity index (χ4n) is 1.81. The van der Waals surface area contributed by atoms with Gasteiger partial charge in [-0.3, -0.25) is 9.59 Å². The second-order valence-corrected chi connectivity index (χ2v) is 5.34. The Balaban J connectivity index is 1.93. The molecule has 1 aromatic heterocycles. The van der Waals surface area contributed by atoms with Crippen LogP contribution in [0.2, 0.25) is 0 Å². The molecule has 1 saturated heterocycles. The molecule has 0 radical (unpaired) electrons. The average Bonchev–Trinajstić information content (AvgIpc) is 3.01. The summed E-state index contributed by atoms with van der Waals surface area (Å²) in [5, 5.41) is -0.221. The Morgan fingerprint density at radius 3 is 3.16 bits per heavy atom. The van der Waals surface area contributed by atoms with Crippen molar-refractivity contribution in [1.29, 1.82) is 0 Å². The van der Waals surface area contributed by atoms with Crippen molar-refractivity contribution >= 4 is 23.6 Å². The maximum absolute atomic E-state index is 11.8. The van der Waals surface area contributed by atoms with Crippen molar-refractivity contribution in [3.8, 4) is 0 Å². The molecule has 0 bridgehead atoms. The highest BCUT2D eigenvalue weighted by Crippen LogP contribution is 2.38. The lowest BCUT2D eigenvalue weighted by Gasteiger charge is -2.21. The van der Waals surface area contributed by atoms with E-state index >= 15 is 0 Å². The molecule has 2 heterocycles. The minimum atomic E-state index is -0.360. The van der Waals surface area contributed by atoms with Crippen LogP contribution in [0.3, 0.4) is 0 Å². The summed E-state index contributed by atoms with van der Waals surface area (Å²) in [5.74, 6) is 0.644. The van der Waals surface area contributed by atoms with Crippen LogP contribution in [0.4, 0.5) is 0 Å². The van der Waals surface area contributed by atoms with Crippen LogP contribution >= 0.6 is 11.8 Å². The van der Waals surface area contributed by atoms with Crippen LogP contribution < -0.4 is 0 Å². The zero-order valence-corrected chi connectivity index (χ0v) is 11.6. The van der Waals surface area contributed by atoms with E-state index in [1.54, 1.807) is 12.3 Å². The predicted octanol–water partition coefficient (Wildman–Crippen LogP) is 2.20. The standard InChI is InChI=1S/C13H17NO4S/c1-2-3-6-18-12(16)8-14-11(15)9-19-13(14)10-5-4-7-17-10/h4-5,7,13H,2-3,6,8-9H2,1H3.